The first-order valence-corrected chi connectivity index (χ1v) is 8.67. The fourth-order valence-corrected chi connectivity index (χ4v) is 3.46. The number of fused-ring (bicyclic) bond motifs is 1. The van der Waals surface area contributed by atoms with Crippen molar-refractivity contribution in [1.29, 1.82) is 0 Å². The van der Waals surface area contributed by atoms with E-state index in [0.717, 1.165) is 29.7 Å². The van der Waals surface area contributed by atoms with Crippen LogP contribution < -0.4 is 4.90 Å². The van der Waals surface area contributed by atoms with Crippen LogP contribution in [0.2, 0.25) is 0 Å². The number of nitrogens with zero attached hydrogens (tertiary/aromatic N) is 1. The molecule has 25 heavy (non-hydrogen) atoms. The second-order valence-corrected chi connectivity index (χ2v) is 6.46. The van der Waals surface area contributed by atoms with E-state index in [-0.39, 0.29) is 17.8 Å². The van der Waals surface area contributed by atoms with Gasteiger partial charge in [0.15, 0.2) is 0 Å². The normalized spacial score (nSPS) is 14.6. The van der Waals surface area contributed by atoms with Crippen LogP contribution in [0.4, 0.5) is 5.69 Å². The van der Waals surface area contributed by atoms with Crippen molar-refractivity contribution in [3.63, 3.8) is 0 Å². The summed E-state index contributed by atoms with van der Waals surface area (Å²) < 4.78 is 4.88. The Morgan fingerprint density at radius 2 is 1.88 bits per heavy atom. The van der Waals surface area contributed by atoms with Gasteiger partial charge in [0.05, 0.1) is 12.7 Å². The first-order valence-electron chi connectivity index (χ1n) is 8.67. The lowest BCUT2D eigenvalue weighted by atomic mass is 9.94. The summed E-state index contributed by atoms with van der Waals surface area (Å²) in [5.41, 5.74) is 3.49. The third kappa shape index (κ3) is 3.58. The SMILES string of the molecule is COC(=O)c1cccc2c1CCCN2C(=O)CC(C)c1ccccc1. The Morgan fingerprint density at radius 1 is 1.12 bits per heavy atom. The van der Waals surface area contributed by atoms with Gasteiger partial charge in [-0.1, -0.05) is 43.3 Å². The van der Waals surface area contributed by atoms with E-state index in [2.05, 4.69) is 19.1 Å². The summed E-state index contributed by atoms with van der Waals surface area (Å²) >= 11 is 0. The van der Waals surface area contributed by atoms with Gasteiger partial charge in [0.2, 0.25) is 5.91 Å². The van der Waals surface area contributed by atoms with Gasteiger partial charge >= 0.3 is 5.97 Å². The minimum atomic E-state index is -0.344. The number of benzene rings is 2. The summed E-state index contributed by atoms with van der Waals surface area (Å²) in [4.78, 5) is 26.7. The Hall–Kier alpha value is -2.62. The highest BCUT2D eigenvalue weighted by atomic mass is 16.5. The summed E-state index contributed by atoms with van der Waals surface area (Å²) in [5.74, 6) is -0.0917. The average Bonchev–Trinajstić information content (AvgIpc) is 2.67. The number of rotatable bonds is 4. The molecule has 1 heterocycles. The van der Waals surface area contributed by atoms with Gasteiger partial charge in [0.25, 0.3) is 0 Å². The van der Waals surface area contributed by atoms with Crippen LogP contribution in [0.3, 0.4) is 0 Å². The Bertz CT molecular complexity index is 770. The Kier molecular flexibility index (Phi) is 5.17. The lowest BCUT2D eigenvalue weighted by Crippen LogP contribution is -2.36. The zero-order valence-corrected chi connectivity index (χ0v) is 14.7. The maximum atomic E-state index is 12.9. The van der Waals surface area contributed by atoms with Crippen molar-refractivity contribution in [2.75, 3.05) is 18.6 Å². The van der Waals surface area contributed by atoms with Crippen LogP contribution in [0.5, 0.6) is 0 Å². The van der Waals surface area contributed by atoms with E-state index in [9.17, 15) is 9.59 Å². The molecule has 3 rings (SSSR count). The summed E-state index contributed by atoms with van der Waals surface area (Å²) in [6.07, 6.45) is 2.09. The van der Waals surface area contributed by atoms with E-state index >= 15 is 0 Å². The topological polar surface area (TPSA) is 46.6 Å². The van der Waals surface area contributed by atoms with Crippen molar-refractivity contribution in [3.05, 3.63) is 65.2 Å². The van der Waals surface area contributed by atoms with Gasteiger partial charge < -0.3 is 9.64 Å². The van der Waals surface area contributed by atoms with Crippen molar-refractivity contribution in [2.24, 2.45) is 0 Å². The van der Waals surface area contributed by atoms with E-state index in [0.29, 0.717) is 18.5 Å². The molecule has 1 unspecified atom stereocenters. The zero-order chi connectivity index (χ0) is 17.8. The van der Waals surface area contributed by atoms with Crippen LogP contribution in [0.25, 0.3) is 0 Å². The van der Waals surface area contributed by atoms with Crippen molar-refractivity contribution < 1.29 is 14.3 Å². The van der Waals surface area contributed by atoms with Crippen LogP contribution >= 0.6 is 0 Å². The molecule has 0 N–H and O–H groups in total. The monoisotopic (exact) mass is 337 g/mol. The highest BCUT2D eigenvalue weighted by molar-refractivity contribution is 5.99. The van der Waals surface area contributed by atoms with E-state index in [1.807, 2.05) is 35.2 Å². The first kappa shape index (κ1) is 17.2. The van der Waals surface area contributed by atoms with Crippen molar-refractivity contribution in [1.82, 2.24) is 0 Å². The maximum Gasteiger partial charge on any atom is 0.338 e. The summed E-state index contributed by atoms with van der Waals surface area (Å²) in [7, 11) is 1.38. The number of ether oxygens (including phenoxy) is 1. The van der Waals surface area contributed by atoms with E-state index < -0.39 is 0 Å². The van der Waals surface area contributed by atoms with Crippen molar-refractivity contribution in [2.45, 2.75) is 32.1 Å². The summed E-state index contributed by atoms with van der Waals surface area (Å²) in [6, 6.07) is 15.6. The minimum absolute atomic E-state index is 0.0966. The molecule has 0 aliphatic carbocycles. The molecule has 1 amide bonds. The highest BCUT2D eigenvalue weighted by Crippen LogP contribution is 2.32. The summed E-state index contributed by atoms with van der Waals surface area (Å²) in [6.45, 7) is 2.76. The molecule has 1 aliphatic heterocycles. The molecular formula is C21H23NO3. The second-order valence-electron chi connectivity index (χ2n) is 6.46. The number of hydrogen-bond acceptors (Lipinski definition) is 3. The zero-order valence-electron chi connectivity index (χ0n) is 14.7. The molecule has 0 saturated carbocycles. The molecule has 4 heteroatoms. The molecule has 0 aromatic heterocycles. The van der Waals surface area contributed by atoms with Gasteiger partial charge in [0.1, 0.15) is 0 Å². The van der Waals surface area contributed by atoms with E-state index in [4.69, 9.17) is 4.74 Å². The van der Waals surface area contributed by atoms with Gasteiger partial charge in [-0.3, -0.25) is 4.79 Å². The van der Waals surface area contributed by atoms with E-state index in [1.165, 1.54) is 7.11 Å². The molecule has 0 spiro atoms. The molecule has 1 atom stereocenters. The maximum absolute atomic E-state index is 12.9. The average molecular weight is 337 g/mol. The molecule has 4 nitrogen and oxygen atoms in total. The largest absolute Gasteiger partial charge is 0.465 e. The van der Waals surface area contributed by atoms with Gasteiger partial charge in [-0.05, 0) is 42.0 Å². The number of hydrogen-bond donors (Lipinski definition) is 0. The fraction of sp³-hybridized carbons (Fsp3) is 0.333. The van der Waals surface area contributed by atoms with Crippen molar-refractivity contribution >= 4 is 17.6 Å². The van der Waals surface area contributed by atoms with Gasteiger partial charge in [-0.2, -0.15) is 0 Å². The van der Waals surface area contributed by atoms with Gasteiger partial charge in [-0.25, -0.2) is 4.79 Å². The molecule has 0 fully saturated rings. The predicted molar refractivity (Wildman–Crippen MR) is 97.9 cm³/mol. The molecular weight excluding hydrogens is 314 g/mol. The van der Waals surface area contributed by atoms with Crippen LogP contribution in [0, 0.1) is 0 Å². The lowest BCUT2D eigenvalue weighted by molar-refractivity contribution is -0.119. The van der Waals surface area contributed by atoms with Gasteiger partial charge in [-0.15, -0.1) is 0 Å². The van der Waals surface area contributed by atoms with Crippen molar-refractivity contribution in [3.8, 4) is 0 Å². The second kappa shape index (κ2) is 7.51. The highest BCUT2D eigenvalue weighted by Gasteiger charge is 2.27. The molecule has 130 valence electrons. The smallest absolute Gasteiger partial charge is 0.338 e. The van der Waals surface area contributed by atoms with Crippen LogP contribution in [0.15, 0.2) is 48.5 Å². The molecule has 2 aromatic rings. The quantitative estimate of drug-likeness (QED) is 0.794. The molecule has 1 aliphatic rings. The Labute approximate surface area is 148 Å². The predicted octanol–water partition coefficient (Wildman–Crippen LogP) is 3.95. The Balaban J connectivity index is 1.83. The molecule has 0 radical (unpaired) electrons. The molecule has 0 bridgehead atoms. The standard InChI is InChI=1S/C21H23NO3/c1-15(16-8-4-3-5-9-16)14-20(23)22-13-7-11-17-18(21(24)25-2)10-6-12-19(17)22/h3-6,8-10,12,15H,7,11,13-14H2,1-2H3. The number of carbonyl (C=O) groups is 2. The third-order valence-corrected chi connectivity index (χ3v) is 4.81. The van der Waals surface area contributed by atoms with Gasteiger partial charge in [0, 0.05) is 18.7 Å². The third-order valence-electron chi connectivity index (χ3n) is 4.81. The van der Waals surface area contributed by atoms with Crippen LogP contribution in [0.1, 0.15) is 47.2 Å². The fourth-order valence-electron chi connectivity index (χ4n) is 3.46. The van der Waals surface area contributed by atoms with E-state index in [1.54, 1.807) is 6.07 Å². The minimum Gasteiger partial charge on any atom is -0.465 e. The number of carbonyl (C=O) groups excluding carboxylic acids is 2. The lowest BCUT2D eigenvalue weighted by Gasteiger charge is -2.31. The van der Waals surface area contributed by atoms with Crippen LogP contribution in [-0.2, 0) is 16.0 Å². The number of amides is 1. The summed E-state index contributed by atoms with van der Waals surface area (Å²) in [5, 5.41) is 0. The Morgan fingerprint density at radius 3 is 2.60 bits per heavy atom. The number of esters is 1. The number of anilines is 1. The molecule has 0 saturated heterocycles. The van der Waals surface area contributed by atoms with Crippen LogP contribution in [-0.4, -0.2) is 25.5 Å². The number of methoxy groups -OCH3 is 1. The first-order chi connectivity index (χ1) is 12.1. The molecule has 2 aromatic carbocycles.